The number of carbonyl (C=O) groups is 1. The van der Waals surface area contributed by atoms with Gasteiger partial charge in [0.05, 0.1) is 0 Å². The van der Waals surface area contributed by atoms with Gasteiger partial charge < -0.3 is 5.11 Å². The van der Waals surface area contributed by atoms with E-state index >= 15 is 0 Å². The van der Waals surface area contributed by atoms with Crippen molar-refractivity contribution in [2.45, 2.75) is 32.4 Å². The fourth-order valence-electron chi connectivity index (χ4n) is 1.40. The molecule has 6 heteroatoms. The Bertz CT molecular complexity index is 360. The van der Waals surface area contributed by atoms with Crippen molar-refractivity contribution in [2.75, 3.05) is 6.54 Å². The molecule has 0 aromatic carbocycles. The number of nitrogens with one attached hydrogen (secondary N) is 1. The van der Waals surface area contributed by atoms with Gasteiger partial charge >= 0.3 is 5.97 Å². The minimum atomic E-state index is -3.71. The molecule has 2 atom stereocenters. The molecule has 0 bridgehead atoms. The first kappa shape index (κ1) is 12.4. The SMILES string of the molecule is CC(C(=O)O)S(=O)(=O)NCC1CC1(C)C. The maximum absolute atomic E-state index is 11.4. The van der Waals surface area contributed by atoms with Crippen molar-refractivity contribution in [3.63, 3.8) is 0 Å². The summed E-state index contributed by atoms with van der Waals surface area (Å²) in [7, 11) is -3.71. The maximum atomic E-state index is 11.4. The number of hydrogen-bond acceptors (Lipinski definition) is 3. The van der Waals surface area contributed by atoms with Crippen LogP contribution in [0.15, 0.2) is 0 Å². The predicted octanol–water partition coefficient (Wildman–Crippen LogP) is 0.425. The van der Waals surface area contributed by atoms with E-state index in [-0.39, 0.29) is 5.41 Å². The number of hydrogen-bond donors (Lipinski definition) is 2. The molecule has 0 spiro atoms. The summed E-state index contributed by atoms with van der Waals surface area (Å²) in [4.78, 5) is 10.5. The highest BCUT2D eigenvalue weighted by atomic mass is 32.2. The summed E-state index contributed by atoms with van der Waals surface area (Å²) in [5.41, 5.74) is 0.189. The molecule has 1 aliphatic rings. The van der Waals surface area contributed by atoms with Gasteiger partial charge in [-0.05, 0) is 24.7 Å². The molecule has 2 N–H and O–H groups in total. The normalized spacial score (nSPS) is 25.9. The minimum absolute atomic E-state index is 0.189. The Kier molecular flexibility index (Phi) is 3.11. The predicted molar refractivity (Wildman–Crippen MR) is 55.9 cm³/mol. The summed E-state index contributed by atoms with van der Waals surface area (Å²) in [5.74, 6) is -0.995. The first-order valence-electron chi connectivity index (χ1n) is 4.88. The third-order valence-electron chi connectivity index (χ3n) is 3.06. The van der Waals surface area contributed by atoms with Gasteiger partial charge in [0.1, 0.15) is 0 Å². The van der Waals surface area contributed by atoms with Crippen molar-refractivity contribution in [1.29, 1.82) is 0 Å². The number of rotatable bonds is 5. The Hall–Kier alpha value is -0.620. The minimum Gasteiger partial charge on any atom is -0.480 e. The Morgan fingerprint density at radius 1 is 1.60 bits per heavy atom. The van der Waals surface area contributed by atoms with Crippen LogP contribution in [0.25, 0.3) is 0 Å². The van der Waals surface area contributed by atoms with Crippen molar-refractivity contribution < 1.29 is 18.3 Å². The van der Waals surface area contributed by atoms with Crippen LogP contribution in [0.3, 0.4) is 0 Å². The van der Waals surface area contributed by atoms with Crippen molar-refractivity contribution in [2.24, 2.45) is 11.3 Å². The number of carboxylic acid groups (broad SMARTS) is 1. The third kappa shape index (κ3) is 2.92. The zero-order chi connectivity index (χ0) is 11.9. The summed E-state index contributed by atoms with van der Waals surface area (Å²) < 4.78 is 25.2. The van der Waals surface area contributed by atoms with Crippen molar-refractivity contribution in [3.05, 3.63) is 0 Å². The molecule has 1 rings (SSSR count). The van der Waals surface area contributed by atoms with Crippen LogP contribution >= 0.6 is 0 Å². The third-order valence-corrected chi connectivity index (χ3v) is 4.76. The van der Waals surface area contributed by atoms with Crippen LogP contribution in [-0.4, -0.2) is 31.3 Å². The van der Waals surface area contributed by atoms with E-state index in [1.54, 1.807) is 0 Å². The number of sulfonamides is 1. The summed E-state index contributed by atoms with van der Waals surface area (Å²) >= 11 is 0. The van der Waals surface area contributed by atoms with Gasteiger partial charge in [0.2, 0.25) is 10.0 Å². The van der Waals surface area contributed by atoms with E-state index in [2.05, 4.69) is 18.6 Å². The molecule has 0 amide bonds. The Balaban J connectivity index is 2.48. The quantitative estimate of drug-likeness (QED) is 0.723. The molecule has 1 fully saturated rings. The van der Waals surface area contributed by atoms with E-state index in [1.807, 2.05) is 0 Å². The zero-order valence-corrected chi connectivity index (χ0v) is 9.97. The van der Waals surface area contributed by atoms with E-state index in [1.165, 1.54) is 6.92 Å². The second-order valence-electron chi connectivity index (χ2n) is 4.76. The Labute approximate surface area is 89.9 Å². The van der Waals surface area contributed by atoms with Gasteiger partial charge in [-0.3, -0.25) is 4.79 Å². The van der Waals surface area contributed by atoms with E-state index in [9.17, 15) is 13.2 Å². The lowest BCUT2D eigenvalue weighted by Gasteiger charge is -2.10. The van der Waals surface area contributed by atoms with Gasteiger partial charge in [-0.2, -0.15) is 0 Å². The van der Waals surface area contributed by atoms with Crippen LogP contribution in [0, 0.1) is 11.3 Å². The highest BCUT2D eigenvalue weighted by molar-refractivity contribution is 7.90. The summed E-state index contributed by atoms with van der Waals surface area (Å²) in [5, 5.41) is 7.19. The fraction of sp³-hybridized carbons (Fsp3) is 0.889. The monoisotopic (exact) mass is 235 g/mol. The molecule has 0 heterocycles. The molecule has 0 aromatic heterocycles. The molecule has 0 aromatic rings. The second kappa shape index (κ2) is 3.75. The topological polar surface area (TPSA) is 83.5 Å². The van der Waals surface area contributed by atoms with Crippen LogP contribution in [0.5, 0.6) is 0 Å². The lowest BCUT2D eigenvalue weighted by Crippen LogP contribution is -2.38. The van der Waals surface area contributed by atoms with Crippen LogP contribution in [0.1, 0.15) is 27.2 Å². The summed E-state index contributed by atoms with van der Waals surface area (Å²) in [6.45, 7) is 5.63. The van der Waals surface area contributed by atoms with Crippen LogP contribution in [0.4, 0.5) is 0 Å². The van der Waals surface area contributed by atoms with Gasteiger partial charge in [-0.1, -0.05) is 13.8 Å². The summed E-state index contributed by atoms with van der Waals surface area (Å²) in [6, 6.07) is 0. The highest BCUT2D eigenvalue weighted by Crippen LogP contribution is 2.51. The average molecular weight is 235 g/mol. The van der Waals surface area contributed by atoms with Crippen molar-refractivity contribution in [3.8, 4) is 0 Å². The van der Waals surface area contributed by atoms with E-state index in [0.29, 0.717) is 12.5 Å². The van der Waals surface area contributed by atoms with Gasteiger partial charge in [0.25, 0.3) is 0 Å². The van der Waals surface area contributed by atoms with Gasteiger partial charge in [-0.25, -0.2) is 13.1 Å². The molecule has 88 valence electrons. The zero-order valence-electron chi connectivity index (χ0n) is 9.15. The van der Waals surface area contributed by atoms with Gasteiger partial charge in [-0.15, -0.1) is 0 Å². The summed E-state index contributed by atoms with van der Waals surface area (Å²) in [6.07, 6.45) is 0.983. The fourth-order valence-corrected chi connectivity index (χ4v) is 2.35. The lowest BCUT2D eigenvalue weighted by molar-refractivity contribution is -0.136. The molecular weight excluding hydrogens is 218 g/mol. The van der Waals surface area contributed by atoms with Crippen LogP contribution in [0.2, 0.25) is 0 Å². The van der Waals surface area contributed by atoms with E-state index < -0.39 is 21.2 Å². The molecule has 1 aliphatic carbocycles. The van der Waals surface area contributed by atoms with Crippen molar-refractivity contribution in [1.82, 2.24) is 4.72 Å². The molecule has 1 saturated carbocycles. The van der Waals surface area contributed by atoms with E-state index in [0.717, 1.165) is 6.42 Å². The molecular formula is C9H17NO4S. The van der Waals surface area contributed by atoms with Crippen LogP contribution < -0.4 is 4.72 Å². The molecule has 2 unspecified atom stereocenters. The van der Waals surface area contributed by atoms with Crippen molar-refractivity contribution >= 4 is 16.0 Å². The largest absolute Gasteiger partial charge is 0.480 e. The molecule has 0 radical (unpaired) electrons. The first-order valence-corrected chi connectivity index (χ1v) is 6.43. The Morgan fingerprint density at radius 2 is 2.07 bits per heavy atom. The Morgan fingerprint density at radius 3 is 2.40 bits per heavy atom. The second-order valence-corrected chi connectivity index (χ2v) is 6.85. The van der Waals surface area contributed by atoms with Gasteiger partial charge in [0.15, 0.2) is 5.25 Å². The molecule has 0 aliphatic heterocycles. The van der Waals surface area contributed by atoms with Gasteiger partial charge in [0, 0.05) is 6.54 Å². The average Bonchev–Trinajstić information content (AvgIpc) is 2.69. The van der Waals surface area contributed by atoms with Crippen LogP contribution in [-0.2, 0) is 14.8 Å². The molecule has 0 saturated heterocycles. The smallest absolute Gasteiger partial charge is 0.323 e. The molecule has 15 heavy (non-hydrogen) atoms. The first-order chi connectivity index (χ1) is 6.67. The highest BCUT2D eigenvalue weighted by Gasteiger charge is 2.45. The number of carboxylic acids is 1. The lowest BCUT2D eigenvalue weighted by atomic mass is 10.1. The molecule has 5 nitrogen and oxygen atoms in total. The number of aliphatic carboxylic acids is 1. The standard InChI is InChI=1S/C9H17NO4S/c1-6(8(11)12)15(13,14)10-5-7-4-9(7,2)3/h6-7,10H,4-5H2,1-3H3,(H,11,12). The maximum Gasteiger partial charge on any atom is 0.323 e. The van der Waals surface area contributed by atoms with E-state index in [4.69, 9.17) is 5.11 Å².